The average molecular weight is 167 g/mol. The molecule has 0 amide bonds. The lowest BCUT2D eigenvalue weighted by Gasteiger charge is -2.02. The highest BCUT2D eigenvalue weighted by Gasteiger charge is 2.14. The first-order valence-electron chi connectivity index (χ1n) is 4.23. The van der Waals surface area contributed by atoms with Gasteiger partial charge in [0.25, 0.3) is 0 Å². The summed E-state index contributed by atoms with van der Waals surface area (Å²) in [5.74, 6) is 0.231. The zero-order valence-electron chi connectivity index (χ0n) is 7.04. The van der Waals surface area contributed by atoms with Crippen molar-refractivity contribution >= 4 is 12.6 Å². The van der Waals surface area contributed by atoms with Crippen LogP contribution in [0.25, 0.3) is 0 Å². The minimum absolute atomic E-state index is 0.231. The number of hydrogen-bond donors (Lipinski definition) is 2. The van der Waals surface area contributed by atoms with E-state index in [1.165, 1.54) is 0 Å². The summed E-state index contributed by atoms with van der Waals surface area (Å²) in [6.45, 7) is 0. The maximum absolute atomic E-state index is 9.51. The molecule has 0 aliphatic heterocycles. The number of rotatable bonds is 0. The maximum Gasteiger partial charge on any atom is 0.120 e. The second-order valence-electron chi connectivity index (χ2n) is 2.78. The zero-order chi connectivity index (χ0) is 8.72. The number of phenols is 1. The maximum atomic E-state index is 9.51. The Morgan fingerprint density at radius 2 is 2.36 bits per heavy atom. The summed E-state index contributed by atoms with van der Waals surface area (Å²) in [6.07, 6.45) is 1.47. The number of thiol groups is 1. The van der Waals surface area contributed by atoms with Crippen LogP contribution in [-0.4, -0.2) is 5.11 Å². The Morgan fingerprint density at radius 3 is 3.18 bits per heavy atom. The van der Waals surface area contributed by atoms with Crippen LogP contribution in [0.4, 0.5) is 0 Å². The van der Waals surface area contributed by atoms with Gasteiger partial charge >= 0.3 is 0 Å². The molecule has 0 saturated carbocycles. The van der Waals surface area contributed by atoms with Crippen molar-refractivity contribution in [1.82, 2.24) is 0 Å². The van der Waals surface area contributed by atoms with E-state index >= 15 is 0 Å². The molecule has 1 aromatic rings. The lowest BCUT2D eigenvalue weighted by atomic mass is 10.1. The summed E-state index contributed by atoms with van der Waals surface area (Å²) in [7, 11) is 0. The van der Waals surface area contributed by atoms with Crippen molar-refractivity contribution in [2.24, 2.45) is 0 Å². The molecule has 2 heteroatoms. The molecule has 0 aromatic heterocycles. The van der Waals surface area contributed by atoms with E-state index in [0.29, 0.717) is 0 Å². The average Bonchev–Trinajstić information content (AvgIpc) is 2.31. The van der Waals surface area contributed by atoms with E-state index in [-0.39, 0.29) is 12.1 Å². The van der Waals surface area contributed by atoms with Gasteiger partial charge in [-0.3, -0.25) is 0 Å². The van der Waals surface area contributed by atoms with Crippen LogP contribution >= 0.6 is 12.6 Å². The summed E-state index contributed by atoms with van der Waals surface area (Å²) < 4.78 is 7.64. The highest BCUT2D eigenvalue weighted by atomic mass is 32.1. The number of benzene rings is 1. The van der Waals surface area contributed by atoms with E-state index < -0.39 is 0 Å². The quantitative estimate of drug-likeness (QED) is 0.567. The Balaban J connectivity index is 2.60. The normalized spacial score (nSPS) is 23.0. The molecule has 0 spiro atoms. The highest BCUT2D eigenvalue weighted by molar-refractivity contribution is 7.80. The fraction of sp³-hybridized carbons (Fsp3) is 0.333. The van der Waals surface area contributed by atoms with Crippen molar-refractivity contribution in [3.63, 3.8) is 0 Å². The molecule has 2 rings (SSSR count). The van der Waals surface area contributed by atoms with Gasteiger partial charge in [0.2, 0.25) is 0 Å². The molecule has 58 valence electrons. The molecule has 11 heavy (non-hydrogen) atoms. The third kappa shape index (κ3) is 1.11. The first-order valence-corrected chi connectivity index (χ1v) is 4.10. The van der Waals surface area contributed by atoms with Crippen molar-refractivity contribution in [3.05, 3.63) is 23.3 Å². The first kappa shape index (κ1) is 5.95. The van der Waals surface area contributed by atoms with Gasteiger partial charge in [-0.2, -0.15) is 0 Å². The van der Waals surface area contributed by atoms with Crippen molar-refractivity contribution in [1.29, 1.82) is 0 Å². The third-order valence-electron chi connectivity index (χ3n) is 1.99. The van der Waals surface area contributed by atoms with E-state index in [1.807, 2.05) is 6.07 Å². The summed E-state index contributed by atoms with van der Waals surface area (Å²) >= 11 is 4.16. The van der Waals surface area contributed by atoms with Crippen molar-refractivity contribution in [3.8, 4) is 5.75 Å². The monoisotopic (exact) mass is 167 g/mol. The highest BCUT2D eigenvalue weighted by Crippen LogP contribution is 2.32. The molecule has 1 aliphatic carbocycles. The standard InChI is InChI=1S/C9H10OS/c10-9-5-7(11)4-6-2-1-3-8(6)9/h4-5,10-11H,1-3H2/i3D. The summed E-state index contributed by atoms with van der Waals surface area (Å²) in [5.41, 5.74) is 1.88. The molecule has 0 bridgehead atoms. The lowest BCUT2D eigenvalue weighted by Crippen LogP contribution is -1.82. The molecule has 0 fully saturated rings. The minimum Gasteiger partial charge on any atom is -0.508 e. The lowest BCUT2D eigenvalue weighted by molar-refractivity contribution is 0.467. The predicted octanol–water partition coefficient (Wildman–Crippen LogP) is 2.17. The molecular weight excluding hydrogens is 156 g/mol. The Labute approximate surface area is 72.9 Å². The molecule has 0 heterocycles. The predicted molar refractivity (Wildman–Crippen MR) is 47.4 cm³/mol. The Bertz CT molecular complexity index is 325. The van der Waals surface area contributed by atoms with Crippen LogP contribution in [0.5, 0.6) is 5.75 Å². The van der Waals surface area contributed by atoms with Gasteiger partial charge < -0.3 is 5.11 Å². The summed E-state index contributed by atoms with van der Waals surface area (Å²) in [5, 5.41) is 9.51. The third-order valence-corrected chi connectivity index (χ3v) is 2.25. The Morgan fingerprint density at radius 1 is 1.55 bits per heavy atom. The number of phenolic OH excluding ortho intramolecular Hbond substituents is 1. The van der Waals surface area contributed by atoms with Gasteiger partial charge in [0.1, 0.15) is 5.75 Å². The van der Waals surface area contributed by atoms with E-state index in [1.54, 1.807) is 6.07 Å². The van der Waals surface area contributed by atoms with Gasteiger partial charge in [-0.05, 0) is 42.5 Å². The van der Waals surface area contributed by atoms with Crippen LogP contribution in [0, 0.1) is 0 Å². The Kier molecular flexibility index (Phi) is 1.33. The molecule has 1 nitrogen and oxygen atoms in total. The van der Waals surface area contributed by atoms with Gasteiger partial charge in [0, 0.05) is 6.27 Å². The molecule has 1 atom stereocenters. The Hall–Kier alpha value is -0.630. The van der Waals surface area contributed by atoms with Crippen LogP contribution in [0.2, 0.25) is 0 Å². The second kappa shape index (κ2) is 2.45. The SMILES string of the molecule is [2H]C1CCc2cc(S)cc(O)c21. The number of aromatic hydroxyl groups is 1. The smallest absolute Gasteiger partial charge is 0.120 e. The van der Waals surface area contributed by atoms with Gasteiger partial charge in [-0.25, -0.2) is 0 Å². The fourth-order valence-corrected chi connectivity index (χ4v) is 1.77. The van der Waals surface area contributed by atoms with Crippen LogP contribution in [0.15, 0.2) is 17.0 Å². The molecule has 1 aromatic carbocycles. The van der Waals surface area contributed by atoms with Crippen molar-refractivity contribution in [2.75, 3.05) is 0 Å². The molecule has 0 saturated heterocycles. The molecular formula is C9H10OS. The van der Waals surface area contributed by atoms with Gasteiger partial charge in [-0.1, -0.05) is 0 Å². The van der Waals surface area contributed by atoms with Crippen LogP contribution < -0.4 is 0 Å². The van der Waals surface area contributed by atoms with Gasteiger partial charge in [0.05, 0.1) is 0 Å². The first-order chi connectivity index (χ1) is 5.68. The van der Waals surface area contributed by atoms with E-state index in [4.69, 9.17) is 1.37 Å². The summed E-state index contributed by atoms with van der Waals surface area (Å²) in [4.78, 5) is 0.778. The van der Waals surface area contributed by atoms with Crippen LogP contribution in [0.1, 0.15) is 18.9 Å². The number of fused-ring (bicyclic) bond motifs is 1. The number of aryl methyl sites for hydroxylation is 1. The van der Waals surface area contributed by atoms with Crippen molar-refractivity contribution in [2.45, 2.75) is 24.1 Å². The van der Waals surface area contributed by atoms with Crippen LogP contribution in [0.3, 0.4) is 0 Å². The zero-order valence-corrected chi connectivity index (χ0v) is 6.94. The summed E-state index contributed by atoms with van der Waals surface area (Å²) in [6, 6.07) is 3.54. The molecule has 1 unspecified atom stereocenters. The minimum atomic E-state index is -0.242. The molecule has 0 radical (unpaired) electrons. The van der Waals surface area contributed by atoms with Crippen LogP contribution in [-0.2, 0) is 12.8 Å². The van der Waals surface area contributed by atoms with Gasteiger partial charge in [-0.15, -0.1) is 12.6 Å². The van der Waals surface area contributed by atoms with E-state index in [9.17, 15) is 5.11 Å². The van der Waals surface area contributed by atoms with E-state index in [0.717, 1.165) is 28.9 Å². The number of hydrogen-bond acceptors (Lipinski definition) is 2. The topological polar surface area (TPSA) is 20.2 Å². The van der Waals surface area contributed by atoms with Crippen molar-refractivity contribution < 1.29 is 6.48 Å². The van der Waals surface area contributed by atoms with Gasteiger partial charge in [0.15, 0.2) is 0 Å². The van der Waals surface area contributed by atoms with E-state index in [2.05, 4.69) is 12.6 Å². The molecule has 1 aliphatic rings. The second-order valence-corrected chi connectivity index (χ2v) is 3.30. The largest absolute Gasteiger partial charge is 0.508 e. The molecule has 1 N–H and O–H groups in total. The fourth-order valence-electron chi connectivity index (χ4n) is 1.49.